The lowest BCUT2D eigenvalue weighted by Crippen LogP contribution is -2.61. The number of nitrogens with two attached hydrogens (primary N) is 5. The van der Waals surface area contributed by atoms with Crippen molar-refractivity contribution in [2.24, 2.45) is 28.7 Å². The van der Waals surface area contributed by atoms with Crippen LogP contribution in [0.2, 0.25) is 0 Å². The number of phosphoric ester groups is 3. The summed E-state index contributed by atoms with van der Waals surface area (Å²) in [5.41, 5.74) is 28.0. The normalized spacial score (nSPS) is 15.1. The van der Waals surface area contributed by atoms with Crippen molar-refractivity contribution in [1.29, 1.82) is 0 Å². The van der Waals surface area contributed by atoms with Crippen LogP contribution in [0.3, 0.4) is 0 Å². The van der Waals surface area contributed by atoms with E-state index in [4.69, 9.17) is 28.7 Å². The molecular weight excluding hydrogens is 963 g/mol. The average Bonchev–Trinajstić information content (AvgIpc) is 3.22. The highest BCUT2D eigenvalue weighted by Gasteiger charge is 2.36. The molecule has 390 valence electrons. The Morgan fingerprint density at radius 1 is 0.388 bits per heavy atom. The smallest absolute Gasteiger partial charge is 0.469 e. The van der Waals surface area contributed by atoms with Crippen molar-refractivity contribution >= 4 is 64.9 Å². The Hall–Kier alpha value is -3.58. The SMILES string of the molecule is NCCCC[C@H](NC(=O)[C@H](CCCCN)NC(=O)[C@H](COP(=O)(O)O)NC(=O)[C@H](COP(=O)(O)O)NC(=O)[C@H](COP(=O)(O)O)NC(=O)[C@H](CCCCN)NC(=O)[C@@H](N)CCCCN)C(=O)O. The molecule has 6 amide bonds. The number of carboxylic acids is 1. The van der Waals surface area contributed by atoms with Crippen LogP contribution in [0.4, 0.5) is 0 Å². The number of nitrogens with one attached hydrogen (secondary N) is 6. The van der Waals surface area contributed by atoms with Gasteiger partial charge < -0.3 is 95.0 Å². The summed E-state index contributed by atoms with van der Waals surface area (Å²) >= 11 is 0. The quantitative estimate of drug-likeness (QED) is 0.0202. The van der Waals surface area contributed by atoms with Crippen LogP contribution >= 0.6 is 23.5 Å². The Balaban J connectivity index is 6.87. The van der Waals surface area contributed by atoms with E-state index in [1.165, 1.54) is 0 Å². The van der Waals surface area contributed by atoms with Crippen LogP contribution in [0.25, 0.3) is 0 Å². The van der Waals surface area contributed by atoms with Gasteiger partial charge in [-0.2, -0.15) is 0 Å². The van der Waals surface area contributed by atoms with Gasteiger partial charge in [0.05, 0.1) is 25.9 Å². The van der Waals surface area contributed by atoms with Crippen molar-refractivity contribution in [3.63, 3.8) is 0 Å². The van der Waals surface area contributed by atoms with Gasteiger partial charge >= 0.3 is 29.4 Å². The Kier molecular flexibility index (Phi) is 31.3. The first-order valence-corrected chi connectivity index (χ1v) is 25.5. The summed E-state index contributed by atoms with van der Waals surface area (Å²) in [5.74, 6) is -9.01. The van der Waals surface area contributed by atoms with E-state index >= 15 is 0 Å². The fourth-order valence-electron chi connectivity index (χ4n) is 5.62. The first kappa shape index (κ1) is 63.4. The molecule has 0 rings (SSSR count). The number of hydrogen-bond donors (Lipinski definition) is 18. The molecule has 0 unspecified atom stereocenters. The van der Waals surface area contributed by atoms with E-state index in [0.29, 0.717) is 45.1 Å². The largest absolute Gasteiger partial charge is 0.480 e. The van der Waals surface area contributed by atoms with Crippen LogP contribution in [-0.2, 0) is 60.8 Å². The highest BCUT2D eigenvalue weighted by Crippen LogP contribution is 2.37. The molecule has 0 aliphatic heterocycles. The zero-order valence-corrected chi connectivity index (χ0v) is 39.3. The lowest BCUT2D eigenvalue weighted by Gasteiger charge is -2.27. The van der Waals surface area contributed by atoms with E-state index in [2.05, 4.69) is 34.8 Å². The number of phosphoric acid groups is 3. The highest BCUT2D eigenvalue weighted by atomic mass is 31.2. The van der Waals surface area contributed by atoms with E-state index in [1.54, 1.807) is 0 Å². The van der Waals surface area contributed by atoms with Crippen molar-refractivity contribution < 1.29 is 95.3 Å². The van der Waals surface area contributed by atoms with E-state index in [9.17, 15) is 81.7 Å². The Bertz CT molecular complexity index is 1720. The summed E-state index contributed by atoms with van der Waals surface area (Å²) < 4.78 is 48.3. The van der Waals surface area contributed by atoms with E-state index < -0.39 is 127 Å². The van der Waals surface area contributed by atoms with Crippen LogP contribution in [0.5, 0.6) is 0 Å². The fourth-order valence-corrected chi connectivity index (χ4v) is 6.65. The molecule has 0 aromatic heterocycles. The molecule has 0 bridgehead atoms. The summed E-state index contributed by atoms with van der Waals surface area (Å²) in [6.07, 6.45) is 2.55. The number of carbonyl (C=O) groups is 7. The molecule has 7 atom stereocenters. The molecule has 31 nitrogen and oxygen atoms in total. The number of hydrogen-bond acceptors (Lipinski definition) is 18. The third kappa shape index (κ3) is 30.5. The van der Waals surface area contributed by atoms with Crippen LogP contribution in [0.1, 0.15) is 77.0 Å². The zero-order chi connectivity index (χ0) is 51.4. The van der Waals surface area contributed by atoms with Crippen molar-refractivity contribution in [3.8, 4) is 0 Å². The third-order valence-corrected chi connectivity index (χ3v) is 10.6. The summed E-state index contributed by atoms with van der Waals surface area (Å²) in [6.45, 7) is -3.34. The Morgan fingerprint density at radius 3 is 0.910 bits per heavy atom. The van der Waals surface area contributed by atoms with Gasteiger partial charge in [0.15, 0.2) is 0 Å². The molecule has 0 aromatic rings. The second-order valence-electron chi connectivity index (χ2n) is 14.8. The molecule has 0 aromatic carbocycles. The van der Waals surface area contributed by atoms with E-state index in [0.717, 1.165) is 0 Å². The minimum atomic E-state index is -5.50. The maximum atomic E-state index is 13.7. The molecule has 0 saturated heterocycles. The molecule has 0 aliphatic carbocycles. The lowest BCUT2D eigenvalue weighted by molar-refractivity contribution is -0.142. The Morgan fingerprint density at radius 2 is 0.627 bits per heavy atom. The molecule has 34 heteroatoms. The van der Waals surface area contributed by atoms with Gasteiger partial charge in [0.2, 0.25) is 35.4 Å². The third-order valence-electron chi connectivity index (χ3n) is 9.15. The van der Waals surface area contributed by atoms with Crippen molar-refractivity contribution in [1.82, 2.24) is 31.9 Å². The number of aliphatic carboxylic acids is 1. The predicted octanol–water partition coefficient (Wildman–Crippen LogP) is -5.85. The second kappa shape index (κ2) is 33.0. The van der Waals surface area contributed by atoms with Gasteiger partial charge in [-0.05, 0) is 96.8 Å². The molecule has 0 spiro atoms. The number of amides is 6. The monoisotopic (exact) mass is 1030 g/mol. The van der Waals surface area contributed by atoms with Gasteiger partial charge in [-0.15, -0.1) is 0 Å². The van der Waals surface area contributed by atoms with Gasteiger partial charge in [0.25, 0.3) is 0 Å². The van der Waals surface area contributed by atoms with Crippen LogP contribution in [0, 0.1) is 0 Å². The number of rotatable bonds is 38. The molecule has 0 saturated carbocycles. The first-order chi connectivity index (χ1) is 31.2. The number of carbonyl (C=O) groups excluding carboxylic acids is 6. The summed E-state index contributed by atoms with van der Waals surface area (Å²) in [6, 6.07) is -12.4. The maximum Gasteiger partial charge on any atom is 0.469 e. The minimum Gasteiger partial charge on any atom is -0.480 e. The predicted molar refractivity (Wildman–Crippen MR) is 233 cm³/mol. The molecule has 0 radical (unpaired) electrons. The molecule has 23 N–H and O–H groups in total. The summed E-state index contributed by atoms with van der Waals surface area (Å²) in [7, 11) is -16.4. The number of unbranched alkanes of at least 4 members (excludes halogenated alkanes) is 4. The first-order valence-electron chi connectivity index (χ1n) is 20.9. The lowest BCUT2D eigenvalue weighted by atomic mass is 10.1. The molecule has 67 heavy (non-hydrogen) atoms. The van der Waals surface area contributed by atoms with Crippen LogP contribution < -0.4 is 60.6 Å². The highest BCUT2D eigenvalue weighted by molar-refractivity contribution is 7.46. The summed E-state index contributed by atoms with van der Waals surface area (Å²) in [5, 5.41) is 22.5. The number of carboxylic acid groups (broad SMARTS) is 1. The average molecular weight is 1030 g/mol. The van der Waals surface area contributed by atoms with Crippen molar-refractivity contribution in [3.05, 3.63) is 0 Å². The molecule has 0 fully saturated rings. The van der Waals surface area contributed by atoms with Gasteiger partial charge in [-0.1, -0.05) is 6.42 Å². The van der Waals surface area contributed by atoms with Crippen LogP contribution in [-0.4, -0.2) is 164 Å². The van der Waals surface area contributed by atoms with E-state index in [1.807, 2.05) is 10.6 Å². The van der Waals surface area contributed by atoms with Gasteiger partial charge in [-0.25, -0.2) is 18.5 Å². The Labute approximate surface area is 385 Å². The van der Waals surface area contributed by atoms with Gasteiger partial charge in [0, 0.05) is 0 Å². The second-order valence-corrected chi connectivity index (χ2v) is 18.5. The topological polar surface area (TPSA) is 542 Å². The van der Waals surface area contributed by atoms with Crippen LogP contribution in [0.15, 0.2) is 0 Å². The standard InChI is InChI=1S/C33H68N11O20P3/c34-13-5-1-9-20(38)27(45)39-21(10-2-6-14-35)29(47)42-25(18-63-66(56,57)58)31(49)44-26(19-64-67(59,60)61)32(50)43-24(17-62-65(53,54)55)30(48)40-22(11-3-7-15-36)28(46)41-23(33(51)52)12-4-8-16-37/h20-26H,1-19,34-38H2,(H,39,45)(H,40,48)(H,41,46)(H,42,47)(H,43,50)(H,44,49)(H,51,52)(H2,53,54,55)(H2,56,57,58)(H2,59,60,61)/t20-,21-,22-,23-,24-,25-,26-/m0/s1. The minimum absolute atomic E-state index is 0.0626. The van der Waals surface area contributed by atoms with Crippen molar-refractivity contribution in [2.45, 2.75) is 119 Å². The zero-order valence-electron chi connectivity index (χ0n) is 36.6. The summed E-state index contributed by atoms with van der Waals surface area (Å²) in [4.78, 5) is 149. The van der Waals surface area contributed by atoms with Crippen molar-refractivity contribution in [2.75, 3.05) is 46.0 Å². The van der Waals surface area contributed by atoms with Gasteiger partial charge in [0.1, 0.15) is 36.3 Å². The fraction of sp³-hybridized carbons (Fsp3) is 0.788. The maximum absolute atomic E-state index is 13.7. The van der Waals surface area contributed by atoms with E-state index in [-0.39, 0.29) is 58.2 Å². The molecule has 0 aliphatic rings. The molecule has 0 heterocycles. The van der Waals surface area contributed by atoms with Gasteiger partial charge in [-0.3, -0.25) is 42.3 Å². The molecular formula is C33H68N11O20P3.